The van der Waals surface area contributed by atoms with Crippen molar-refractivity contribution in [2.75, 3.05) is 5.75 Å². The highest BCUT2D eigenvalue weighted by Crippen LogP contribution is 2.26. The first-order valence-electron chi connectivity index (χ1n) is 2.85. The fraction of sp³-hybridized carbons (Fsp3) is 1.00. The van der Waals surface area contributed by atoms with E-state index in [9.17, 15) is 8.76 Å². The summed E-state index contributed by atoms with van der Waals surface area (Å²) in [4.78, 5) is 0. The van der Waals surface area contributed by atoms with Crippen LogP contribution in [0.3, 0.4) is 0 Å². The van der Waals surface area contributed by atoms with Gasteiger partial charge in [0.05, 0.1) is 0 Å². The lowest BCUT2D eigenvalue weighted by Gasteiger charge is -2.25. The van der Waals surface area contributed by atoms with E-state index in [2.05, 4.69) is 0 Å². The van der Waals surface area contributed by atoms with E-state index in [0.717, 1.165) is 12.8 Å². The molecule has 0 N–H and O–H groups in total. The van der Waals surface area contributed by atoms with Crippen LogP contribution in [-0.4, -0.2) is 14.5 Å². The number of rotatable bonds is 2. The second kappa shape index (κ2) is 2.60. The van der Waals surface area contributed by atoms with Crippen molar-refractivity contribution in [2.24, 2.45) is 5.92 Å². The van der Waals surface area contributed by atoms with Gasteiger partial charge in [-0.1, -0.05) is 17.5 Å². The van der Waals surface area contributed by atoms with E-state index in [0.29, 0.717) is 11.7 Å². The molecule has 0 heterocycles. The highest BCUT2D eigenvalue weighted by molar-refractivity contribution is 7.79. The molecule has 1 rings (SSSR count). The Morgan fingerprint density at radius 2 is 2.25 bits per heavy atom. The van der Waals surface area contributed by atoms with Gasteiger partial charge >= 0.3 is 0 Å². The Hall–Kier alpha value is 0.110. The number of hydrogen-bond donors (Lipinski definition) is 0. The van der Waals surface area contributed by atoms with Crippen molar-refractivity contribution in [2.45, 2.75) is 19.3 Å². The molecule has 0 aromatic carbocycles. The normalized spacial score (nSPS) is 24.6. The maximum atomic E-state index is 10.0. The van der Waals surface area contributed by atoms with Crippen LogP contribution in [0.5, 0.6) is 0 Å². The van der Waals surface area contributed by atoms with Gasteiger partial charge in [0.1, 0.15) is 0 Å². The van der Waals surface area contributed by atoms with E-state index in [1.54, 1.807) is 0 Å². The predicted molar refractivity (Wildman–Crippen MR) is 31.1 cm³/mol. The smallest absolute Gasteiger partial charge is 0.0130 e. The quantitative estimate of drug-likeness (QED) is 0.519. The topological polar surface area (TPSA) is 40.1 Å². The van der Waals surface area contributed by atoms with Gasteiger partial charge in [0, 0.05) is 5.75 Å². The molecule has 1 atom stereocenters. The first kappa shape index (κ1) is 6.23. The first-order chi connectivity index (χ1) is 3.79. The average Bonchev–Trinajstić information content (AvgIpc) is 1.55. The molecule has 0 aromatic heterocycles. The van der Waals surface area contributed by atoms with Crippen molar-refractivity contribution >= 4 is 11.1 Å². The third-order valence-corrected chi connectivity index (χ3v) is 2.34. The Bertz CT molecular complexity index is 98.6. The predicted octanol–water partition coefficient (Wildman–Crippen LogP) is 0.666. The molecule has 0 bridgehead atoms. The molecule has 48 valence electrons. The maximum Gasteiger partial charge on any atom is 0.0130 e. The zero-order valence-electron chi connectivity index (χ0n) is 4.63. The second-order valence-corrected chi connectivity index (χ2v) is 3.21. The summed E-state index contributed by atoms with van der Waals surface area (Å²) in [6.07, 6.45) is 3.46. The summed E-state index contributed by atoms with van der Waals surface area (Å²) in [6.45, 7) is 0. The van der Waals surface area contributed by atoms with Gasteiger partial charge in [-0.15, -0.1) is 0 Å². The summed E-state index contributed by atoms with van der Waals surface area (Å²) in [5.41, 5.74) is 0. The third-order valence-electron chi connectivity index (χ3n) is 1.60. The van der Waals surface area contributed by atoms with Gasteiger partial charge < -0.3 is 4.55 Å². The van der Waals surface area contributed by atoms with Gasteiger partial charge in [0.15, 0.2) is 0 Å². The van der Waals surface area contributed by atoms with Gasteiger partial charge in [-0.3, -0.25) is 4.21 Å². The summed E-state index contributed by atoms with van der Waals surface area (Å²) >= 11 is -1.79. The summed E-state index contributed by atoms with van der Waals surface area (Å²) < 4.78 is 20.0. The molecule has 8 heavy (non-hydrogen) atoms. The van der Waals surface area contributed by atoms with Crippen LogP contribution in [0.15, 0.2) is 0 Å². The van der Waals surface area contributed by atoms with E-state index >= 15 is 0 Å². The first-order valence-corrected chi connectivity index (χ1v) is 4.09. The molecule has 0 spiro atoms. The number of hydrogen-bond acceptors (Lipinski definition) is 2. The molecule has 2 nitrogen and oxygen atoms in total. The van der Waals surface area contributed by atoms with Crippen LogP contribution in [0.25, 0.3) is 0 Å². The molecule has 0 aliphatic heterocycles. The molecule has 1 unspecified atom stereocenters. The van der Waals surface area contributed by atoms with Crippen LogP contribution in [0.2, 0.25) is 0 Å². The largest absolute Gasteiger partial charge is 0.772 e. The summed E-state index contributed by atoms with van der Waals surface area (Å²) in [7, 11) is 0. The van der Waals surface area contributed by atoms with Crippen LogP contribution in [0.4, 0.5) is 0 Å². The molecule has 0 aromatic rings. The average molecular weight is 133 g/mol. The van der Waals surface area contributed by atoms with E-state index in [-0.39, 0.29) is 0 Å². The highest BCUT2D eigenvalue weighted by atomic mass is 32.2. The van der Waals surface area contributed by atoms with Gasteiger partial charge in [0.25, 0.3) is 0 Å². The SMILES string of the molecule is O=S([O-])CC1CCC1. The molecule has 0 amide bonds. The zero-order chi connectivity index (χ0) is 5.98. The van der Waals surface area contributed by atoms with Gasteiger partial charge in [-0.25, -0.2) is 0 Å². The minimum Gasteiger partial charge on any atom is -0.772 e. The van der Waals surface area contributed by atoms with Crippen molar-refractivity contribution in [3.05, 3.63) is 0 Å². The Kier molecular flexibility index (Phi) is 2.02. The maximum absolute atomic E-state index is 10.0. The van der Waals surface area contributed by atoms with Gasteiger partial charge in [-0.2, -0.15) is 0 Å². The lowest BCUT2D eigenvalue weighted by atomic mass is 9.87. The molecule has 3 heteroatoms. The summed E-state index contributed by atoms with van der Waals surface area (Å²) in [6, 6.07) is 0. The fourth-order valence-corrected chi connectivity index (χ4v) is 1.57. The molecular formula is C5H9O2S-. The van der Waals surface area contributed by atoms with E-state index < -0.39 is 11.1 Å². The third kappa shape index (κ3) is 1.56. The molecule has 1 aliphatic carbocycles. The fourth-order valence-electron chi connectivity index (χ4n) is 0.852. The van der Waals surface area contributed by atoms with Crippen LogP contribution in [0.1, 0.15) is 19.3 Å². The monoisotopic (exact) mass is 133 g/mol. The minimum absolute atomic E-state index is 0.389. The lowest BCUT2D eigenvalue weighted by molar-refractivity contribution is 0.344. The van der Waals surface area contributed by atoms with Crippen molar-refractivity contribution < 1.29 is 8.76 Å². The van der Waals surface area contributed by atoms with E-state index in [4.69, 9.17) is 0 Å². The molecule has 1 aliphatic rings. The van der Waals surface area contributed by atoms with Crippen LogP contribution in [0, 0.1) is 5.92 Å². The Morgan fingerprint density at radius 3 is 2.38 bits per heavy atom. The van der Waals surface area contributed by atoms with Crippen molar-refractivity contribution in [1.29, 1.82) is 0 Å². The Balaban J connectivity index is 2.09. The summed E-state index contributed by atoms with van der Waals surface area (Å²) in [5, 5.41) is 0. The van der Waals surface area contributed by atoms with Crippen molar-refractivity contribution in [1.82, 2.24) is 0 Å². The van der Waals surface area contributed by atoms with Gasteiger partial charge in [-0.05, 0) is 18.8 Å². The second-order valence-electron chi connectivity index (χ2n) is 2.27. The van der Waals surface area contributed by atoms with Crippen molar-refractivity contribution in [3.63, 3.8) is 0 Å². The molecule has 0 radical (unpaired) electrons. The Morgan fingerprint density at radius 1 is 1.62 bits per heavy atom. The van der Waals surface area contributed by atoms with E-state index in [1.807, 2.05) is 0 Å². The summed E-state index contributed by atoms with van der Waals surface area (Å²) in [5.74, 6) is 0.883. The molecule has 1 fully saturated rings. The highest BCUT2D eigenvalue weighted by Gasteiger charge is 2.16. The minimum atomic E-state index is -1.79. The van der Waals surface area contributed by atoms with Crippen LogP contribution >= 0.6 is 0 Å². The Labute approximate surface area is 51.6 Å². The standard InChI is InChI=1S/C5H10O2S/c6-8(7)4-5-2-1-3-5/h5H,1-4H2,(H,6,7)/p-1. The molecular weight excluding hydrogens is 124 g/mol. The lowest BCUT2D eigenvalue weighted by Crippen LogP contribution is -2.18. The van der Waals surface area contributed by atoms with Crippen molar-refractivity contribution in [3.8, 4) is 0 Å². The zero-order valence-corrected chi connectivity index (χ0v) is 5.45. The van der Waals surface area contributed by atoms with Gasteiger partial charge in [0.2, 0.25) is 0 Å². The van der Waals surface area contributed by atoms with Crippen LogP contribution < -0.4 is 0 Å². The molecule has 1 saturated carbocycles. The van der Waals surface area contributed by atoms with Crippen LogP contribution in [-0.2, 0) is 11.1 Å². The molecule has 0 saturated heterocycles. The van der Waals surface area contributed by atoms with E-state index in [1.165, 1.54) is 6.42 Å².